The number of imide groups is 1. The number of alkyl halides is 1. The number of piperidine rings is 1. The van der Waals surface area contributed by atoms with Crippen LogP contribution in [0.2, 0.25) is 0 Å². The van der Waals surface area contributed by atoms with Crippen LogP contribution in [0.1, 0.15) is 33.6 Å². The number of hydrogen-bond acceptors (Lipinski definition) is 2. The first-order valence-electron chi connectivity index (χ1n) is 5.99. The molecule has 0 aliphatic carbocycles. The van der Waals surface area contributed by atoms with E-state index >= 15 is 0 Å². The molecule has 0 saturated carbocycles. The maximum Gasteiger partial charge on any atom is 0.324 e. The Morgan fingerprint density at radius 2 is 1.82 bits per heavy atom. The molecule has 1 N–H and O–H groups in total. The molecule has 0 aromatic carbocycles. The van der Waals surface area contributed by atoms with E-state index in [2.05, 4.69) is 26.1 Å². The van der Waals surface area contributed by atoms with Crippen LogP contribution in [0.3, 0.4) is 0 Å². The third kappa shape index (κ3) is 4.19. The second-order valence-corrected chi connectivity index (χ2v) is 5.88. The number of urea groups is 1. The molecule has 1 heterocycles. The van der Waals surface area contributed by atoms with Crippen molar-refractivity contribution < 1.29 is 9.59 Å². The van der Waals surface area contributed by atoms with Gasteiger partial charge in [-0.3, -0.25) is 10.1 Å². The molecule has 98 valence electrons. The predicted molar refractivity (Wildman–Crippen MR) is 68.0 cm³/mol. The highest BCUT2D eigenvalue weighted by atomic mass is 35.5. The zero-order chi connectivity index (χ0) is 13.1. The number of nitrogens with one attached hydrogen (secondary N) is 1. The van der Waals surface area contributed by atoms with E-state index in [9.17, 15) is 9.59 Å². The van der Waals surface area contributed by atoms with Gasteiger partial charge in [0.05, 0.1) is 0 Å². The largest absolute Gasteiger partial charge is 0.324 e. The Morgan fingerprint density at radius 3 is 2.24 bits per heavy atom. The van der Waals surface area contributed by atoms with E-state index < -0.39 is 5.91 Å². The lowest BCUT2D eigenvalue weighted by atomic mass is 9.75. The van der Waals surface area contributed by atoms with Crippen LogP contribution in [0.5, 0.6) is 0 Å². The van der Waals surface area contributed by atoms with E-state index in [1.165, 1.54) is 0 Å². The first-order valence-corrected chi connectivity index (χ1v) is 6.52. The first kappa shape index (κ1) is 14.3. The molecule has 0 aromatic rings. The zero-order valence-corrected chi connectivity index (χ0v) is 11.5. The molecule has 0 radical (unpaired) electrons. The number of likely N-dealkylation sites (tertiary alicyclic amines) is 1. The standard InChI is InChI=1S/C12H21ClN2O2/c1-12(2,3)9-4-6-15(7-5-9)11(17)14-10(16)8-13/h9H,4-8H2,1-3H3,(H,14,16,17). The van der Waals surface area contributed by atoms with Gasteiger partial charge in [0.2, 0.25) is 5.91 Å². The molecule has 0 unspecified atom stereocenters. The average molecular weight is 261 g/mol. The first-order chi connectivity index (χ1) is 7.84. The van der Waals surface area contributed by atoms with Crippen molar-refractivity contribution in [2.45, 2.75) is 33.6 Å². The third-order valence-corrected chi connectivity index (χ3v) is 3.62. The van der Waals surface area contributed by atoms with Crippen molar-refractivity contribution in [2.24, 2.45) is 11.3 Å². The number of rotatable bonds is 1. The van der Waals surface area contributed by atoms with Crippen LogP contribution in [0.25, 0.3) is 0 Å². The summed E-state index contributed by atoms with van der Waals surface area (Å²) >= 11 is 5.34. The fourth-order valence-corrected chi connectivity index (χ4v) is 2.25. The number of amides is 3. The van der Waals surface area contributed by atoms with Gasteiger partial charge < -0.3 is 4.90 Å². The van der Waals surface area contributed by atoms with E-state index in [0.717, 1.165) is 12.8 Å². The second-order valence-electron chi connectivity index (χ2n) is 5.61. The summed E-state index contributed by atoms with van der Waals surface area (Å²) in [7, 11) is 0. The van der Waals surface area contributed by atoms with Crippen molar-refractivity contribution in [3.8, 4) is 0 Å². The molecule has 5 heteroatoms. The molecule has 1 rings (SSSR count). The molecule has 0 aromatic heterocycles. The molecule has 0 atom stereocenters. The van der Waals surface area contributed by atoms with Gasteiger partial charge in [0.15, 0.2) is 0 Å². The van der Waals surface area contributed by atoms with Gasteiger partial charge in [0.25, 0.3) is 0 Å². The molecule has 1 fully saturated rings. The van der Waals surface area contributed by atoms with Crippen molar-refractivity contribution in [3.63, 3.8) is 0 Å². The molecule has 1 saturated heterocycles. The van der Waals surface area contributed by atoms with Crippen LogP contribution in [0.15, 0.2) is 0 Å². The summed E-state index contributed by atoms with van der Waals surface area (Å²) in [6.07, 6.45) is 1.98. The summed E-state index contributed by atoms with van der Waals surface area (Å²) in [6, 6.07) is -0.317. The van der Waals surface area contributed by atoms with Gasteiger partial charge in [-0.2, -0.15) is 0 Å². The Balaban J connectivity index is 2.42. The summed E-state index contributed by atoms with van der Waals surface area (Å²) in [6.45, 7) is 8.10. The van der Waals surface area contributed by atoms with Gasteiger partial charge in [0, 0.05) is 13.1 Å². The van der Waals surface area contributed by atoms with Crippen molar-refractivity contribution >= 4 is 23.5 Å². The number of hydrogen-bond donors (Lipinski definition) is 1. The Hall–Kier alpha value is -0.770. The monoisotopic (exact) mass is 260 g/mol. The fraction of sp³-hybridized carbons (Fsp3) is 0.833. The number of carbonyl (C=O) groups excluding carboxylic acids is 2. The minimum atomic E-state index is -0.436. The van der Waals surface area contributed by atoms with Gasteiger partial charge in [0.1, 0.15) is 5.88 Å². The van der Waals surface area contributed by atoms with E-state index in [1.807, 2.05) is 0 Å². The van der Waals surface area contributed by atoms with E-state index in [0.29, 0.717) is 19.0 Å². The lowest BCUT2D eigenvalue weighted by Gasteiger charge is -2.38. The molecular weight excluding hydrogens is 240 g/mol. The van der Waals surface area contributed by atoms with Gasteiger partial charge in [-0.05, 0) is 24.2 Å². The topological polar surface area (TPSA) is 49.4 Å². The summed E-state index contributed by atoms with van der Waals surface area (Å²) in [5.74, 6) is 0.0226. The lowest BCUT2D eigenvalue weighted by Crippen LogP contribution is -2.48. The molecule has 1 aliphatic rings. The Labute approximate surface area is 108 Å². The number of halogens is 1. The number of nitrogens with zero attached hydrogens (tertiary/aromatic N) is 1. The van der Waals surface area contributed by atoms with Crippen molar-refractivity contribution in [1.82, 2.24) is 10.2 Å². The minimum Gasteiger partial charge on any atom is -0.324 e. The molecule has 0 bridgehead atoms. The average Bonchev–Trinajstić information content (AvgIpc) is 2.27. The Bertz CT molecular complexity index is 291. The minimum absolute atomic E-state index is 0.176. The molecule has 1 aliphatic heterocycles. The highest BCUT2D eigenvalue weighted by molar-refractivity contribution is 6.28. The SMILES string of the molecule is CC(C)(C)C1CCN(C(=O)NC(=O)CCl)CC1. The van der Waals surface area contributed by atoms with E-state index in [-0.39, 0.29) is 17.3 Å². The van der Waals surface area contributed by atoms with E-state index in [1.54, 1.807) is 4.90 Å². The van der Waals surface area contributed by atoms with Crippen molar-refractivity contribution in [2.75, 3.05) is 19.0 Å². The van der Waals surface area contributed by atoms with Crippen molar-refractivity contribution in [3.05, 3.63) is 0 Å². The van der Waals surface area contributed by atoms with Crippen LogP contribution in [-0.4, -0.2) is 35.8 Å². The van der Waals surface area contributed by atoms with Crippen LogP contribution < -0.4 is 5.32 Å². The van der Waals surface area contributed by atoms with Crippen LogP contribution >= 0.6 is 11.6 Å². The molecule has 17 heavy (non-hydrogen) atoms. The van der Waals surface area contributed by atoms with Crippen molar-refractivity contribution in [1.29, 1.82) is 0 Å². The fourth-order valence-electron chi connectivity index (χ4n) is 2.18. The highest BCUT2D eigenvalue weighted by Crippen LogP contribution is 2.34. The van der Waals surface area contributed by atoms with Crippen LogP contribution in [0.4, 0.5) is 4.79 Å². The quantitative estimate of drug-likeness (QED) is 0.735. The van der Waals surface area contributed by atoms with E-state index in [4.69, 9.17) is 11.6 Å². The molecule has 0 spiro atoms. The molecular formula is C12H21ClN2O2. The maximum absolute atomic E-state index is 11.7. The smallest absolute Gasteiger partial charge is 0.324 e. The highest BCUT2D eigenvalue weighted by Gasteiger charge is 2.30. The normalized spacial score (nSPS) is 18.0. The molecule has 4 nitrogen and oxygen atoms in total. The summed E-state index contributed by atoms with van der Waals surface area (Å²) in [5, 5.41) is 2.27. The predicted octanol–water partition coefficient (Wildman–Crippen LogP) is 2.22. The van der Waals surface area contributed by atoms with Gasteiger partial charge in [-0.25, -0.2) is 4.79 Å². The van der Waals surface area contributed by atoms with Gasteiger partial charge in [-0.15, -0.1) is 11.6 Å². The zero-order valence-electron chi connectivity index (χ0n) is 10.8. The van der Waals surface area contributed by atoms with Gasteiger partial charge >= 0.3 is 6.03 Å². The molecule has 3 amide bonds. The van der Waals surface area contributed by atoms with Crippen LogP contribution in [-0.2, 0) is 4.79 Å². The summed E-state index contributed by atoms with van der Waals surface area (Å²) in [5.41, 5.74) is 0.286. The maximum atomic E-state index is 11.7. The Kier molecular flexibility index (Phi) is 4.80. The number of carbonyl (C=O) groups is 2. The van der Waals surface area contributed by atoms with Crippen LogP contribution in [0, 0.1) is 11.3 Å². The third-order valence-electron chi connectivity index (χ3n) is 3.37. The summed E-state index contributed by atoms with van der Waals surface area (Å²) < 4.78 is 0. The lowest BCUT2D eigenvalue weighted by molar-refractivity contribution is -0.117. The van der Waals surface area contributed by atoms with Gasteiger partial charge in [-0.1, -0.05) is 20.8 Å². The summed E-state index contributed by atoms with van der Waals surface area (Å²) in [4.78, 5) is 24.3. The Morgan fingerprint density at radius 1 is 1.29 bits per heavy atom. The second kappa shape index (κ2) is 5.71.